The van der Waals surface area contributed by atoms with Gasteiger partial charge in [0.1, 0.15) is 6.61 Å². The van der Waals surface area contributed by atoms with Gasteiger partial charge in [-0.15, -0.1) is 17.5 Å². The van der Waals surface area contributed by atoms with Crippen LogP contribution in [0.1, 0.15) is 5.56 Å². The fourth-order valence-corrected chi connectivity index (χ4v) is 3.21. The first-order valence-corrected chi connectivity index (χ1v) is 9.44. The van der Waals surface area contributed by atoms with E-state index >= 15 is 0 Å². The lowest BCUT2D eigenvalue weighted by Gasteiger charge is -2.26. The second kappa shape index (κ2) is 9.73. The van der Waals surface area contributed by atoms with Crippen molar-refractivity contribution in [1.82, 2.24) is 14.7 Å². The summed E-state index contributed by atoms with van der Waals surface area (Å²) in [5.74, 6) is 0.677. The summed E-state index contributed by atoms with van der Waals surface area (Å²) in [5, 5.41) is 4.71. The summed E-state index contributed by atoms with van der Waals surface area (Å²) < 4.78 is 13.4. The summed E-state index contributed by atoms with van der Waals surface area (Å²) in [6.07, 6.45) is 2.05. The molecule has 2 aromatic carbocycles. The highest BCUT2D eigenvalue weighted by Gasteiger charge is 2.15. The molecule has 0 spiro atoms. The summed E-state index contributed by atoms with van der Waals surface area (Å²) in [4.78, 5) is 2.36. The first kappa shape index (κ1) is 20.4. The highest BCUT2D eigenvalue weighted by atomic mass is 35.5. The minimum atomic E-state index is 0. The summed E-state index contributed by atoms with van der Waals surface area (Å²) in [7, 11) is 0. The molecule has 1 saturated heterocycles. The SMILES string of the molecule is Cc1ccc(-c2cn(-c3ccccc3)nc2OCCN2CCOCC2)cc1.Cl. The van der Waals surface area contributed by atoms with Gasteiger partial charge in [-0.3, -0.25) is 4.90 Å². The number of aryl methyl sites for hydroxylation is 1. The molecule has 148 valence electrons. The molecule has 1 aliphatic heterocycles. The summed E-state index contributed by atoms with van der Waals surface area (Å²) in [6.45, 7) is 7.13. The first-order chi connectivity index (χ1) is 13.3. The van der Waals surface area contributed by atoms with Crippen molar-refractivity contribution in [2.45, 2.75) is 6.92 Å². The van der Waals surface area contributed by atoms with Crippen LogP contribution in [0.15, 0.2) is 60.8 Å². The zero-order valence-electron chi connectivity index (χ0n) is 16.1. The Morgan fingerprint density at radius 3 is 2.43 bits per heavy atom. The van der Waals surface area contributed by atoms with Crippen LogP contribution in [0.25, 0.3) is 16.8 Å². The molecule has 0 N–H and O–H groups in total. The van der Waals surface area contributed by atoms with Gasteiger partial charge in [0, 0.05) is 25.8 Å². The Morgan fingerprint density at radius 2 is 1.71 bits per heavy atom. The maximum Gasteiger partial charge on any atom is 0.241 e. The normalized spacial score (nSPS) is 14.5. The number of morpholine rings is 1. The largest absolute Gasteiger partial charge is 0.475 e. The second-order valence-corrected chi connectivity index (χ2v) is 6.80. The highest BCUT2D eigenvalue weighted by Crippen LogP contribution is 2.30. The minimum absolute atomic E-state index is 0. The number of benzene rings is 2. The maximum atomic E-state index is 6.11. The third kappa shape index (κ3) is 4.93. The Bertz CT molecular complexity index is 859. The average Bonchev–Trinajstić information content (AvgIpc) is 3.14. The third-order valence-electron chi connectivity index (χ3n) is 4.81. The van der Waals surface area contributed by atoms with Crippen LogP contribution < -0.4 is 4.74 Å². The lowest BCUT2D eigenvalue weighted by atomic mass is 10.1. The predicted molar refractivity (Wildman–Crippen MR) is 114 cm³/mol. The molecule has 1 aliphatic rings. The molecule has 1 fully saturated rings. The van der Waals surface area contributed by atoms with Crippen molar-refractivity contribution in [3.8, 4) is 22.7 Å². The van der Waals surface area contributed by atoms with E-state index in [1.807, 2.05) is 41.2 Å². The topological polar surface area (TPSA) is 39.5 Å². The molecule has 0 bridgehead atoms. The van der Waals surface area contributed by atoms with E-state index in [0.717, 1.165) is 49.7 Å². The zero-order valence-corrected chi connectivity index (χ0v) is 16.9. The molecule has 0 atom stereocenters. The van der Waals surface area contributed by atoms with Crippen molar-refractivity contribution in [3.63, 3.8) is 0 Å². The summed E-state index contributed by atoms with van der Waals surface area (Å²) >= 11 is 0. The van der Waals surface area contributed by atoms with Gasteiger partial charge in [0.25, 0.3) is 0 Å². The Kier molecular flexibility index (Phi) is 7.09. The van der Waals surface area contributed by atoms with Gasteiger partial charge in [0.15, 0.2) is 0 Å². The van der Waals surface area contributed by atoms with Gasteiger partial charge < -0.3 is 9.47 Å². The number of ether oxygens (including phenoxy) is 2. The fourth-order valence-electron chi connectivity index (χ4n) is 3.21. The number of aromatic nitrogens is 2. The van der Waals surface area contributed by atoms with Gasteiger partial charge in [-0.2, -0.15) is 0 Å². The number of hydrogen-bond donors (Lipinski definition) is 0. The van der Waals surface area contributed by atoms with Crippen LogP contribution in [0.3, 0.4) is 0 Å². The van der Waals surface area contributed by atoms with Gasteiger partial charge in [-0.1, -0.05) is 48.0 Å². The van der Waals surface area contributed by atoms with Crippen LogP contribution in [0.5, 0.6) is 5.88 Å². The van der Waals surface area contributed by atoms with E-state index in [4.69, 9.17) is 14.6 Å². The van der Waals surface area contributed by atoms with E-state index in [1.54, 1.807) is 0 Å². The van der Waals surface area contributed by atoms with Crippen LogP contribution in [-0.2, 0) is 4.74 Å². The summed E-state index contributed by atoms with van der Waals surface area (Å²) in [6, 6.07) is 18.6. The Hall–Kier alpha value is -2.34. The van der Waals surface area contributed by atoms with Gasteiger partial charge >= 0.3 is 0 Å². The number of para-hydroxylation sites is 1. The molecule has 0 aliphatic carbocycles. The first-order valence-electron chi connectivity index (χ1n) is 9.44. The van der Waals surface area contributed by atoms with Gasteiger partial charge in [0.05, 0.1) is 24.5 Å². The van der Waals surface area contributed by atoms with E-state index in [0.29, 0.717) is 12.5 Å². The average molecular weight is 400 g/mol. The van der Waals surface area contributed by atoms with Crippen LogP contribution >= 0.6 is 12.4 Å². The lowest BCUT2D eigenvalue weighted by molar-refractivity contribution is 0.0320. The van der Waals surface area contributed by atoms with Crippen LogP contribution in [0.2, 0.25) is 0 Å². The lowest BCUT2D eigenvalue weighted by Crippen LogP contribution is -2.38. The van der Waals surface area contributed by atoms with Gasteiger partial charge in [-0.25, -0.2) is 4.68 Å². The van der Waals surface area contributed by atoms with E-state index in [-0.39, 0.29) is 12.4 Å². The van der Waals surface area contributed by atoms with Gasteiger partial charge in [-0.05, 0) is 24.6 Å². The molecule has 3 aromatic rings. The molecule has 6 heteroatoms. The minimum Gasteiger partial charge on any atom is -0.475 e. The predicted octanol–water partition coefficient (Wildman–Crippen LogP) is 3.98. The van der Waals surface area contributed by atoms with Crippen molar-refractivity contribution in [1.29, 1.82) is 0 Å². The molecule has 28 heavy (non-hydrogen) atoms. The smallest absolute Gasteiger partial charge is 0.241 e. The summed E-state index contributed by atoms with van der Waals surface area (Å²) in [5.41, 5.74) is 4.39. The van der Waals surface area contributed by atoms with Crippen LogP contribution in [0.4, 0.5) is 0 Å². The molecule has 2 heterocycles. The number of rotatable bonds is 6. The Balaban J connectivity index is 0.00000225. The van der Waals surface area contributed by atoms with Crippen molar-refractivity contribution in [2.75, 3.05) is 39.5 Å². The van der Waals surface area contributed by atoms with E-state index in [1.165, 1.54) is 5.56 Å². The molecule has 4 rings (SSSR count). The Labute approximate surface area is 172 Å². The van der Waals surface area contributed by atoms with Crippen LogP contribution in [-0.4, -0.2) is 54.1 Å². The van der Waals surface area contributed by atoms with E-state index in [9.17, 15) is 0 Å². The highest BCUT2D eigenvalue weighted by molar-refractivity contribution is 5.85. The van der Waals surface area contributed by atoms with Crippen molar-refractivity contribution in [2.24, 2.45) is 0 Å². The third-order valence-corrected chi connectivity index (χ3v) is 4.81. The van der Waals surface area contributed by atoms with E-state index < -0.39 is 0 Å². The fraction of sp³-hybridized carbons (Fsp3) is 0.318. The maximum absolute atomic E-state index is 6.11. The van der Waals surface area contributed by atoms with Gasteiger partial charge in [0.2, 0.25) is 5.88 Å². The second-order valence-electron chi connectivity index (χ2n) is 6.80. The molecule has 1 aromatic heterocycles. The van der Waals surface area contributed by atoms with Crippen molar-refractivity contribution in [3.05, 3.63) is 66.4 Å². The standard InChI is InChI=1S/C22H25N3O2.ClH/c1-18-7-9-19(10-8-18)21-17-25(20-5-3-2-4-6-20)23-22(21)27-16-13-24-11-14-26-15-12-24;/h2-10,17H,11-16H2,1H3;1H. The number of hydrogen-bond acceptors (Lipinski definition) is 4. The van der Waals surface area contributed by atoms with Crippen molar-refractivity contribution < 1.29 is 9.47 Å². The van der Waals surface area contributed by atoms with Crippen molar-refractivity contribution >= 4 is 12.4 Å². The molecule has 0 radical (unpaired) electrons. The number of nitrogens with zero attached hydrogens (tertiary/aromatic N) is 3. The monoisotopic (exact) mass is 399 g/mol. The molecule has 0 amide bonds. The molecule has 5 nitrogen and oxygen atoms in total. The molecular weight excluding hydrogens is 374 g/mol. The Morgan fingerprint density at radius 1 is 1.00 bits per heavy atom. The quantitative estimate of drug-likeness (QED) is 0.628. The van der Waals surface area contributed by atoms with Crippen LogP contribution in [0, 0.1) is 6.92 Å². The van der Waals surface area contributed by atoms with E-state index in [2.05, 4.69) is 36.1 Å². The number of halogens is 1. The molecular formula is C22H26ClN3O2. The molecule has 0 saturated carbocycles. The molecule has 0 unspecified atom stereocenters. The zero-order chi connectivity index (χ0) is 18.5.